The van der Waals surface area contributed by atoms with Gasteiger partial charge in [0.1, 0.15) is 0 Å². The number of fused-ring (bicyclic) bond motifs is 1. The van der Waals surface area contributed by atoms with Crippen molar-refractivity contribution in [1.29, 1.82) is 0 Å². The van der Waals surface area contributed by atoms with Crippen LogP contribution in [0.4, 0.5) is 0 Å². The van der Waals surface area contributed by atoms with Gasteiger partial charge in [0.2, 0.25) is 0 Å². The maximum atomic E-state index is 4.30. The molecular formula is C14H16N6. The van der Waals surface area contributed by atoms with Crippen LogP contribution in [-0.2, 0) is 6.54 Å². The molecule has 0 radical (unpaired) electrons. The largest absolute Gasteiger partial charge is 0.309 e. The molecule has 20 heavy (non-hydrogen) atoms. The van der Waals surface area contributed by atoms with E-state index in [9.17, 15) is 0 Å². The Hall–Kier alpha value is -2.34. The Bertz CT molecular complexity index is 718. The van der Waals surface area contributed by atoms with Gasteiger partial charge in [-0.3, -0.25) is 9.97 Å². The molecule has 3 rings (SSSR count). The lowest BCUT2D eigenvalue weighted by molar-refractivity contribution is 0.580. The third-order valence-corrected chi connectivity index (χ3v) is 2.95. The number of aromatic nitrogens is 5. The summed E-state index contributed by atoms with van der Waals surface area (Å²) in [7, 11) is 0. The molecule has 0 bridgehead atoms. The van der Waals surface area contributed by atoms with Crippen molar-refractivity contribution in [1.82, 2.24) is 30.3 Å². The molecule has 0 aliphatic heterocycles. The average molecular weight is 268 g/mol. The fraction of sp³-hybridized carbons (Fsp3) is 0.286. The molecule has 0 unspecified atom stereocenters. The lowest BCUT2D eigenvalue weighted by Crippen LogP contribution is -2.21. The second kappa shape index (κ2) is 5.34. The van der Waals surface area contributed by atoms with Crippen molar-refractivity contribution in [2.75, 3.05) is 0 Å². The van der Waals surface area contributed by atoms with Gasteiger partial charge >= 0.3 is 0 Å². The quantitative estimate of drug-likeness (QED) is 0.780. The lowest BCUT2D eigenvalue weighted by Gasteiger charge is -2.04. The van der Waals surface area contributed by atoms with Crippen molar-refractivity contribution in [2.45, 2.75) is 26.4 Å². The van der Waals surface area contributed by atoms with Crippen molar-refractivity contribution in [3.8, 4) is 5.69 Å². The van der Waals surface area contributed by atoms with E-state index in [1.165, 1.54) is 0 Å². The molecule has 0 fully saturated rings. The van der Waals surface area contributed by atoms with Crippen LogP contribution >= 0.6 is 0 Å². The summed E-state index contributed by atoms with van der Waals surface area (Å²) in [6.45, 7) is 4.92. The van der Waals surface area contributed by atoms with Crippen LogP contribution in [-0.4, -0.2) is 31.0 Å². The van der Waals surface area contributed by atoms with Crippen LogP contribution in [0.3, 0.4) is 0 Å². The summed E-state index contributed by atoms with van der Waals surface area (Å²) < 4.78 is 1.76. The van der Waals surface area contributed by atoms with Gasteiger partial charge in [-0.2, -0.15) is 0 Å². The molecule has 2 aromatic heterocycles. The summed E-state index contributed by atoms with van der Waals surface area (Å²) in [6, 6.07) is 6.28. The molecule has 1 N–H and O–H groups in total. The monoisotopic (exact) mass is 268 g/mol. The van der Waals surface area contributed by atoms with Gasteiger partial charge in [-0.1, -0.05) is 19.1 Å². The Morgan fingerprint density at radius 2 is 1.95 bits per heavy atom. The maximum absolute atomic E-state index is 4.30. The van der Waals surface area contributed by atoms with Gasteiger partial charge in [-0.05, 0) is 18.2 Å². The Morgan fingerprint density at radius 3 is 2.75 bits per heavy atom. The molecule has 2 heterocycles. The minimum Gasteiger partial charge on any atom is -0.309 e. The normalized spacial score (nSPS) is 11.3. The zero-order chi connectivity index (χ0) is 13.9. The van der Waals surface area contributed by atoms with Crippen LogP contribution in [0.25, 0.3) is 16.7 Å². The van der Waals surface area contributed by atoms with Crippen molar-refractivity contribution in [3.63, 3.8) is 0 Å². The van der Waals surface area contributed by atoms with Crippen molar-refractivity contribution >= 4 is 11.0 Å². The van der Waals surface area contributed by atoms with Crippen molar-refractivity contribution in [3.05, 3.63) is 42.5 Å². The van der Waals surface area contributed by atoms with E-state index in [1.54, 1.807) is 17.1 Å². The molecule has 0 saturated heterocycles. The van der Waals surface area contributed by atoms with Crippen LogP contribution in [0.2, 0.25) is 0 Å². The number of rotatable bonds is 4. The predicted molar refractivity (Wildman–Crippen MR) is 76.4 cm³/mol. The third kappa shape index (κ3) is 2.65. The molecule has 6 heteroatoms. The number of nitrogens with one attached hydrogen (secondary N) is 1. The summed E-state index contributed by atoms with van der Waals surface area (Å²) in [6.07, 6.45) is 5.30. The highest BCUT2D eigenvalue weighted by atomic mass is 15.4. The molecule has 0 saturated carbocycles. The SMILES string of the molecule is CC(C)NCc1cn(-c2ccc3nccnc3c2)nn1. The van der Waals surface area contributed by atoms with Crippen LogP contribution in [0.1, 0.15) is 19.5 Å². The van der Waals surface area contributed by atoms with Crippen LogP contribution < -0.4 is 5.32 Å². The molecule has 6 nitrogen and oxygen atoms in total. The van der Waals surface area contributed by atoms with Gasteiger partial charge < -0.3 is 5.32 Å². The molecule has 0 spiro atoms. The van der Waals surface area contributed by atoms with E-state index in [0.717, 1.165) is 22.4 Å². The van der Waals surface area contributed by atoms with Gasteiger partial charge in [-0.15, -0.1) is 5.10 Å². The van der Waals surface area contributed by atoms with E-state index in [-0.39, 0.29) is 0 Å². The van der Waals surface area contributed by atoms with Crippen molar-refractivity contribution in [2.24, 2.45) is 0 Å². The highest BCUT2D eigenvalue weighted by Gasteiger charge is 2.05. The average Bonchev–Trinajstić information content (AvgIpc) is 2.93. The Balaban J connectivity index is 1.87. The lowest BCUT2D eigenvalue weighted by atomic mass is 10.2. The minimum atomic E-state index is 0.427. The Morgan fingerprint density at radius 1 is 1.15 bits per heavy atom. The number of hydrogen-bond acceptors (Lipinski definition) is 5. The molecule has 0 amide bonds. The predicted octanol–water partition coefficient (Wildman–Crippen LogP) is 1.71. The highest BCUT2D eigenvalue weighted by molar-refractivity contribution is 5.76. The van der Waals surface area contributed by atoms with Gasteiger partial charge in [0.05, 0.1) is 28.6 Å². The van der Waals surface area contributed by atoms with E-state index in [0.29, 0.717) is 12.6 Å². The molecule has 0 aliphatic rings. The first-order chi connectivity index (χ1) is 9.72. The van der Waals surface area contributed by atoms with Crippen LogP contribution in [0.5, 0.6) is 0 Å². The topological polar surface area (TPSA) is 68.5 Å². The summed E-state index contributed by atoms with van der Waals surface area (Å²) in [4.78, 5) is 8.55. The standard InChI is InChI=1S/C14H16N6/c1-10(2)17-8-11-9-20(19-18-11)12-3-4-13-14(7-12)16-6-5-15-13/h3-7,9-10,17H,8H2,1-2H3. The summed E-state index contributed by atoms with van der Waals surface area (Å²) >= 11 is 0. The molecule has 0 aliphatic carbocycles. The molecule has 1 aromatic carbocycles. The number of nitrogens with zero attached hydrogens (tertiary/aromatic N) is 5. The van der Waals surface area contributed by atoms with Crippen LogP contribution in [0, 0.1) is 0 Å². The van der Waals surface area contributed by atoms with Gasteiger partial charge in [-0.25, -0.2) is 4.68 Å². The Labute approximate surface area is 116 Å². The van der Waals surface area contributed by atoms with Crippen LogP contribution in [0.15, 0.2) is 36.8 Å². The van der Waals surface area contributed by atoms with E-state index in [4.69, 9.17) is 0 Å². The summed E-state index contributed by atoms with van der Waals surface area (Å²) in [5, 5.41) is 11.6. The summed E-state index contributed by atoms with van der Waals surface area (Å²) in [5.41, 5.74) is 3.57. The van der Waals surface area contributed by atoms with Gasteiger partial charge in [0.25, 0.3) is 0 Å². The molecular weight excluding hydrogens is 252 g/mol. The second-order valence-corrected chi connectivity index (χ2v) is 4.92. The smallest absolute Gasteiger partial charge is 0.0969 e. The third-order valence-electron chi connectivity index (χ3n) is 2.95. The fourth-order valence-corrected chi connectivity index (χ4v) is 1.91. The van der Waals surface area contributed by atoms with E-state index < -0.39 is 0 Å². The summed E-state index contributed by atoms with van der Waals surface area (Å²) in [5.74, 6) is 0. The second-order valence-electron chi connectivity index (χ2n) is 4.92. The highest BCUT2D eigenvalue weighted by Crippen LogP contribution is 2.14. The first-order valence-corrected chi connectivity index (χ1v) is 6.58. The fourth-order valence-electron chi connectivity index (χ4n) is 1.91. The first kappa shape index (κ1) is 12.7. The number of hydrogen-bond donors (Lipinski definition) is 1. The van der Waals surface area contributed by atoms with E-state index >= 15 is 0 Å². The Kier molecular flexibility index (Phi) is 3.39. The van der Waals surface area contributed by atoms with Gasteiger partial charge in [0.15, 0.2) is 0 Å². The molecule has 102 valence electrons. The molecule has 3 aromatic rings. The van der Waals surface area contributed by atoms with E-state index in [2.05, 4.69) is 39.4 Å². The molecule has 0 atom stereocenters. The van der Waals surface area contributed by atoms with Crippen molar-refractivity contribution < 1.29 is 0 Å². The zero-order valence-corrected chi connectivity index (χ0v) is 11.5. The zero-order valence-electron chi connectivity index (χ0n) is 11.5. The maximum Gasteiger partial charge on any atom is 0.0969 e. The number of benzene rings is 1. The van der Waals surface area contributed by atoms with E-state index in [1.807, 2.05) is 24.4 Å². The minimum absolute atomic E-state index is 0.427. The first-order valence-electron chi connectivity index (χ1n) is 6.58. The van der Waals surface area contributed by atoms with Gasteiger partial charge in [0, 0.05) is 25.0 Å².